The zero-order chi connectivity index (χ0) is 18.1. The summed E-state index contributed by atoms with van der Waals surface area (Å²) in [6, 6.07) is 12.5. The number of rotatable bonds is 3. The van der Waals surface area contributed by atoms with Gasteiger partial charge in [-0.15, -0.1) is 11.3 Å². The summed E-state index contributed by atoms with van der Waals surface area (Å²) >= 11 is 13.5. The summed E-state index contributed by atoms with van der Waals surface area (Å²) in [7, 11) is 0. The molecule has 2 heterocycles. The van der Waals surface area contributed by atoms with Crippen molar-refractivity contribution in [1.82, 2.24) is 15.0 Å². The summed E-state index contributed by atoms with van der Waals surface area (Å²) in [5.74, 6) is -0.526. The number of hydrogen-bond donors (Lipinski definition) is 0. The molecule has 0 spiro atoms. The van der Waals surface area contributed by atoms with Gasteiger partial charge in [-0.1, -0.05) is 41.4 Å². The molecule has 0 unspecified atom stereocenters. The Labute approximate surface area is 162 Å². The molecular formula is C18H9Cl2N3O2S. The number of carbonyl (C=O) groups is 1. The summed E-state index contributed by atoms with van der Waals surface area (Å²) in [5, 5.41) is 1.04. The number of carbonyl (C=O) groups excluding carboxylic acids is 1. The number of nitrogens with zero attached hydrogens (tertiary/aromatic N) is 3. The quantitative estimate of drug-likeness (QED) is 0.345. The molecule has 0 aliphatic heterocycles. The summed E-state index contributed by atoms with van der Waals surface area (Å²) in [6.07, 6.45) is 2.93. The van der Waals surface area contributed by atoms with E-state index in [0.717, 1.165) is 10.2 Å². The van der Waals surface area contributed by atoms with Crippen LogP contribution in [0, 0.1) is 0 Å². The molecule has 2 aromatic carbocycles. The molecule has 0 amide bonds. The number of thiazole rings is 1. The van der Waals surface area contributed by atoms with Crippen molar-refractivity contribution in [2.45, 2.75) is 0 Å². The number of aromatic nitrogens is 3. The van der Waals surface area contributed by atoms with Crippen LogP contribution in [0.15, 0.2) is 54.9 Å². The molecule has 0 radical (unpaired) electrons. The van der Waals surface area contributed by atoms with Gasteiger partial charge in [0.25, 0.3) is 0 Å². The van der Waals surface area contributed by atoms with Crippen LogP contribution in [0.1, 0.15) is 10.5 Å². The van der Waals surface area contributed by atoms with Crippen LogP contribution in [0.25, 0.3) is 20.9 Å². The molecule has 0 aliphatic rings. The second-order valence-electron chi connectivity index (χ2n) is 5.18. The maximum Gasteiger partial charge on any atom is 0.364 e. The molecule has 0 aliphatic carbocycles. The predicted octanol–water partition coefficient (Wildman–Crippen LogP) is 5.28. The number of halogens is 2. The maximum atomic E-state index is 12.6. The Bertz CT molecular complexity index is 1100. The topological polar surface area (TPSA) is 65.0 Å². The molecule has 128 valence electrons. The highest BCUT2D eigenvalue weighted by molar-refractivity contribution is 7.21. The van der Waals surface area contributed by atoms with E-state index in [1.807, 2.05) is 24.3 Å². The minimum atomic E-state index is -0.684. The van der Waals surface area contributed by atoms with Crippen LogP contribution in [-0.2, 0) is 0 Å². The molecule has 5 nitrogen and oxygen atoms in total. The van der Waals surface area contributed by atoms with E-state index in [9.17, 15) is 4.79 Å². The van der Waals surface area contributed by atoms with Crippen molar-refractivity contribution in [2.24, 2.45) is 0 Å². The first kappa shape index (κ1) is 16.9. The van der Waals surface area contributed by atoms with Crippen molar-refractivity contribution in [3.8, 4) is 16.5 Å². The van der Waals surface area contributed by atoms with Crippen LogP contribution in [-0.4, -0.2) is 20.9 Å². The van der Waals surface area contributed by atoms with Crippen molar-refractivity contribution in [2.75, 3.05) is 0 Å². The highest BCUT2D eigenvalue weighted by Gasteiger charge is 2.21. The summed E-state index contributed by atoms with van der Waals surface area (Å²) in [4.78, 5) is 25.6. The Morgan fingerprint density at radius 1 is 1.00 bits per heavy atom. The molecule has 0 saturated heterocycles. The fourth-order valence-corrected chi connectivity index (χ4v) is 3.62. The number of hydrogen-bond acceptors (Lipinski definition) is 6. The second kappa shape index (κ2) is 6.99. The third-order valence-corrected chi connectivity index (χ3v) is 5.35. The van der Waals surface area contributed by atoms with Crippen molar-refractivity contribution in [3.63, 3.8) is 0 Å². The van der Waals surface area contributed by atoms with Crippen LogP contribution in [0.4, 0.5) is 0 Å². The average Bonchev–Trinajstić information content (AvgIpc) is 3.09. The van der Waals surface area contributed by atoms with Gasteiger partial charge in [0, 0.05) is 12.4 Å². The lowest BCUT2D eigenvalue weighted by atomic mass is 10.3. The van der Waals surface area contributed by atoms with Crippen LogP contribution >= 0.6 is 34.5 Å². The molecule has 0 saturated carbocycles. The lowest BCUT2D eigenvalue weighted by Crippen LogP contribution is -2.13. The lowest BCUT2D eigenvalue weighted by Gasteiger charge is -2.08. The van der Waals surface area contributed by atoms with Gasteiger partial charge in [-0.2, -0.15) is 0 Å². The van der Waals surface area contributed by atoms with Crippen LogP contribution in [0.3, 0.4) is 0 Å². The molecule has 0 fully saturated rings. The summed E-state index contributed by atoms with van der Waals surface area (Å²) in [5.41, 5.74) is 1.25. The maximum absolute atomic E-state index is 12.6. The van der Waals surface area contributed by atoms with Crippen molar-refractivity contribution in [1.29, 1.82) is 0 Å². The van der Waals surface area contributed by atoms with Crippen LogP contribution in [0.2, 0.25) is 10.0 Å². The van der Waals surface area contributed by atoms with Gasteiger partial charge in [-0.3, -0.25) is 0 Å². The van der Waals surface area contributed by atoms with Gasteiger partial charge in [0.05, 0.1) is 15.2 Å². The first-order chi connectivity index (χ1) is 12.6. The Kier molecular flexibility index (Phi) is 4.55. The zero-order valence-corrected chi connectivity index (χ0v) is 15.3. The SMILES string of the molecule is O=C(Oc1cccc(Cl)c1Cl)c1nccnc1-c1nc2ccccc2s1. The molecular weight excluding hydrogens is 393 g/mol. The summed E-state index contributed by atoms with van der Waals surface area (Å²) in [6.45, 7) is 0. The largest absolute Gasteiger partial charge is 0.420 e. The van der Waals surface area contributed by atoms with Gasteiger partial charge in [0.15, 0.2) is 11.4 Å². The highest BCUT2D eigenvalue weighted by Crippen LogP contribution is 2.33. The Balaban J connectivity index is 1.73. The van der Waals surface area contributed by atoms with E-state index in [2.05, 4.69) is 15.0 Å². The van der Waals surface area contributed by atoms with Gasteiger partial charge in [0.2, 0.25) is 0 Å². The Hall–Kier alpha value is -2.54. The van der Waals surface area contributed by atoms with E-state index in [4.69, 9.17) is 27.9 Å². The number of esters is 1. The van der Waals surface area contributed by atoms with E-state index in [1.54, 1.807) is 18.2 Å². The molecule has 0 bridgehead atoms. The van der Waals surface area contributed by atoms with Gasteiger partial charge in [-0.25, -0.2) is 19.7 Å². The van der Waals surface area contributed by atoms with Gasteiger partial charge >= 0.3 is 5.97 Å². The van der Waals surface area contributed by atoms with Crippen molar-refractivity contribution < 1.29 is 9.53 Å². The van der Waals surface area contributed by atoms with E-state index in [-0.39, 0.29) is 16.5 Å². The van der Waals surface area contributed by atoms with E-state index in [1.165, 1.54) is 23.7 Å². The number of benzene rings is 2. The highest BCUT2D eigenvalue weighted by atomic mass is 35.5. The van der Waals surface area contributed by atoms with Crippen LogP contribution in [0.5, 0.6) is 5.75 Å². The standard InChI is InChI=1S/C18H9Cl2N3O2S/c19-10-4-3-6-12(14(10)20)25-18(24)16-15(21-8-9-22-16)17-23-11-5-1-2-7-13(11)26-17/h1-9H. The smallest absolute Gasteiger partial charge is 0.364 e. The third kappa shape index (κ3) is 3.14. The molecule has 26 heavy (non-hydrogen) atoms. The molecule has 0 N–H and O–H groups in total. The minimum Gasteiger partial charge on any atom is -0.420 e. The zero-order valence-electron chi connectivity index (χ0n) is 13.0. The Morgan fingerprint density at radius 3 is 2.65 bits per heavy atom. The van der Waals surface area contributed by atoms with Crippen molar-refractivity contribution >= 4 is 50.7 Å². The van der Waals surface area contributed by atoms with E-state index < -0.39 is 5.97 Å². The predicted molar refractivity (Wildman–Crippen MR) is 102 cm³/mol. The van der Waals surface area contributed by atoms with Gasteiger partial charge in [-0.05, 0) is 24.3 Å². The number of ether oxygens (including phenoxy) is 1. The van der Waals surface area contributed by atoms with Gasteiger partial charge in [0.1, 0.15) is 15.7 Å². The third-order valence-electron chi connectivity index (χ3n) is 3.51. The minimum absolute atomic E-state index is 0.0580. The number of fused-ring (bicyclic) bond motifs is 1. The average molecular weight is 402 g/mol. The van der Waals surface area contributed by atoms with Crippen LogP contribution < -0.4 is 4.74 Å². The molecule has 8 heteroatoms. The molecule has 0 atom stereocenters. The van der Waals surface area contributed by atoms with E-state index >= 15 is 0 Å². The lowest BCUT2D eigenvalue weighted by molar-refractivity contribution is 0.0729. The first-order valence-corrected chi connectivity index (χ1v) is 9.04. The normalized spacial score (nSPS) is 10.8. The second-order valence-corrected chi connectivity index (χ2v) is 7.00. The molecule has 4 rings (SSSR count). The first-order valence-electron chi connectivity index (χ1n) is 7.46. The monoisotopic (exact) mass is 401 g/mol. The molecule has 2 aromatic heterocycles. The van der Waals surface area contributed by atoms with Crippen molar-refractivity contribution in [3.05, 3.63) is 70.6 Å². The van der Waals surface area contributed by atoms with Gasteiger partial charge < -0.3 is 4.74 Å². The Morgan fingerprint density at radius 2 is 1.81 bits per heavy atom. The van der Waals surface area contributed by atoms with E-state index in [0.29, 0.717) is 15.7 Å². The summed E-state index contributed by atoms with van der Waals surface area (Å²) < 4.78 is 6.36. The molecule has 4 aromatic rings. The fourth-order valence-electron chi connectivity index (χ4n) is 2.33. The number of para-hydroxylation sites is 1. The fraction of sp³-hybridized carbons (Fsp3) is 0.